The lowest BCUT2D eigenvalue weighted by atomic mass is 10.1. The third-order valence-electron chi connectivity index (χ3n) is 3.88. The minimum atomic E-state index is -4.36. The Kier molecular flexibility index (Phi) is 12.9. The minimum absolute atomic E-state index is 0. The maximum absolute atomic E-state index is 12.7. The zero-order chi connectivity index (χ0) is 21.2. The number of ether oxygens (including phenoxy) is 1. The van der Waals surface area contributed by atoms with Crippen molar-refractivity contribution in [3.63, 3.8) is 0 Å². The number of hydrogen-bond donors (Lipinski definition) is 1. The molecule has 0 fully saturated rings. The van der Waals surface area contributed by atoms with E-state index in [9.17, 15) is 18.0 Å². The Morgan fingerprint density at radius 2 is 1.79 bits per heavy atom. The molecule has 6 nitrogen and oxygen atoms in total. The summed E-state index contributed by atoms with van der Waals surface area (Å²) in [6.07, 6.45) is -3.59. The average Bonchev–Trinajstić information content (AvgIpc) is 2.63. The fraction of sp³-hybridized carbons (Fsp3) is 0.579. The van der Waals surface area contributed by atoms with Crippen LogP contribution in [-0.2, 0) is 22.3 Å². The zero-order valence-electron chi connectivity index (χ0n) is 17.3. The molecular formula is C19H30F3IN4O2. The molecule has 0 saturated carbocycles. The molecule has 0 unspecified atom stereocenters. The Bertz CT molecular complexity index is 637. The van der Waals surface area contributed by atoms with Crippen molar-refractivity contribution in [3.05, 3.63) is 35.4 Å². The van der Waals surface area contributed by atoms with Crippen LogP contribution < -0.4 is 5.32 Å². The summed E-state index contributed by atoms with van der Waals surface area (Å²) in [6.45, 7) is 4.11. The van der Waals surface area contributed by atoms with E-state index in [1.165, 1.54) is 17.0 Å². The number of nitrogens with zero attached hydrogens (tertiary/aromatic N) is 3. The van der Waals surface area contributed by atoms with Crippen LogP contribution >= 0.6 is 24.0 Å². The number of guanidine groups is 1. The van der Waals surface area contributed by atoms with Gasteiger partial charge in [-0.2, -0.15) is 13.2 Å². The number of hydrogen-bond acceptors (Lipinski definition) is 3. The van der Waals surface area contributed by atoms with Gasteiger partial charge in [0.25, 0.3) is 0 Å². The molecule has 0 radical (unpaired) electrons. The van der Waals surface area contributed by atoms with Gasteiger partial charge < -0.3 is 19.9 Å². The number of alkyl halides is 3. The van der Waals surface area contributed by atoms with Gasteiger partial charge in [-0.25, -0.2) is 4.99 Å². The zero-order valence-corrected chi connectivity index (χ0v) is 19.6. The third-order valence-corrected chi connectivity index (χ3v) is 3.88. The molecule has 1 rings (SSSR count). The number of nitrogens with one attached hydrogen (secondary N) is 1. The first-order valence-electron chi connectivity index (χ1n) is 9.08. The van der Waals surface area contributed by atoms with E-state index in [0.29, 0.717) is 37.8 Å². The number of likely N-dealkylation sites (N-methyl/N-ethyl adjacent to an activating group) is 1. The van der Waals surface area contributed by atoms with Gasteiger partial charge in [-0.3, -0.25) is 4.79 Å². The predicted molar refractivity (Wildman–Crippen MR) is 118 cm³/mol. The molecule has 29 heavy (non-hydrogen) atoms. The first-order valence-corrected chi connectivity index (χ1v) is 9.08. The Labute approximate surface area is 187 Å². The number of aliphatic imine (C=N–C) groups is 1. The largest absolute Gasteiger partial charge is 0.416 e. The van der Waals surface area contributed by atoms with Crippen molar-refractivity contribution in [3.8, 4) is 0 Å². The lowest BCUT2D eigenvalue weighted by Crippen LogP contribution is -2.40. The maximum Gasteiger partial charge on any atom is 0.416 e. The smallest absolute Gasteiger partial charge is 0.382 e. The van der Waals surface area contributed by atoms with Crippen LogP contribution in [0.4, 0.5) is 13.2 Å². The molecule has 0 aromatic heterocycles. The van der Waals surface area contributed by atoms with E-state index in [1.807, 2.05) is 6.92 Å². The molecule has 0 heterocycles. The molecule has 0 aliphatic heterocycles. The predicted octanol–water partition coefficient (Wildman–Crippen LogP) is 3.22. The lowest BCUT2D eigenvalue weighted by molar-refractivity contribution is -0.137. The first kappa shape index (κ1) is 27.4. The van der Waals surface area contributed by atoms with Crippen LogP contribution in [0.25, 0.3) is 0 Å². The second-order valence-electron chi connectivity index (χ2n) is 6.46. The highest BCUT2D eigenvalue weighted by Gasteiger charge is 2.29. The number of benzene rings is 1. The number of halogens is 4. The maximum atomic E-state index is 12.7. The van der Waals surface area contributed by atoms with Crippen LogP contribution in [0.3, 0.4) is 0 Å². The van der Waals surface area contributed by atoms with Gasteiger partial charge in [0.05, 0.1) is 5.56 Å². The van der Waals surface area contributed by atoms with Crippen LogP contribution in [0.15, 0.2) is 29.3 Å². The van der Waals surface area contributed by atoms with Gasteiger partial charge in [0.1, 0.15) is 6.54 Å². The number of carbonyl (C=O) groups excluding carboxylic acids is 1. The molecule has 1 aromatic rings. The van der Waals surface area contributed by atoms with Crippen LogP contribution in [0.5, 0.6) is 0 Å². The molecule has 0 spiro atoms. The van der Waals surface area contributed by atoms with Gasteiger partial charge in [0.2, 0.25) is 5.91 Å². The van der Waals surface area contributed by atoms with Gasteiger partial charge in [-0.1, -0.05) is 12.1 Å². The normalized spacial score (nSPS) is 11.6. The van der Waals surface area contributed by atoms with Crippen LogP contribution in [0.1, 0.15) is 24.5 Å². The van der Waals surface area contributed by atoms with Crippen LogP contribution in [-0.4, -0.2) is 69.1 Å². The quantitative estimate of drug-likeness (QED) is 0.231. The Morgan fingerprint density at radius 1 is 1.17 bits per heavy atom. The molecule has 1 N–H and O–H groups in total. The van der Waals surface area contributed by atoms with Gasteiger partial charge in [-0.05, 0) is 31.0 Å². The summed E-state index contributed by atoms with van der Waals surface area (Å²) in [7, 11) is 5.07. The highest BCUT2D eigenvalue weighted by atomic mass is 127. The van der Waals surface area contributed by atoms with Crippen molar-refractivity contribution in [1.29, 1.82) is 0 Å². The van der Waals surface area contributed by atoms with E-state index in [2.05, 4.69) is 10.3 Å². The van der Waals surface area contributed by atoms with E-state index >= 15 is 0 Å². The molecule has 166 valence electrons. The molecule has 1 amide bonds. The highest BCUT2D eigenvalue weighted by Crippen LogP contribution is 2.29. The van der Waals surface area contributed by atoms with Gasteiger partial charge >= 0.3 is 6.18 Å². The van der Waals surface area contributed by atoms with Crippen LogP contribution in [0.2, 0.25) is 0 Å². The molecule has 10 heteroatoms. The Balaban J connectivity index is 0.00000784. The number of amides is 1. The van der Waals surface area contributed by atoms with Crippen molar-refractivity contribution in [1.82, 2.24) is 15.1 Å². The standard InChI is InChI=1S/C19H29F3N4O2.HI/c1-5-28-12-6-11-23-18(24-13-17(27)25(2)3)26(4)14-15-7-9-16(10-8-15)19(20,21)22;/h7-10H,5-6,11-14H2,1-4H3,(H,23,24);1H. The van der Waals surface area contributed by atoms with E-state index in [-0.39, 0.29) is 36.4 Å². The summed E-state index contributed by atoms with van der Waals surface area (Å²) in [6, 6.07) is 5.00. The Morgan fingerprint density at radius 3 is 2.31 bits per heavy atom. The van der Waals surface area contributed by atoms with E-state index in [0.717, 1.165) is 18.6 Å². The summed E-state index contributed by atoms with van der Waals surface area (Å²) in [5.41, 5.74) is 0.0247. The number of rotatable bonds is 9. The fourth-order valence-corrected chi connectivity index (χ4v) is 2.26. The minimum Gasteiger partial charge on any atom is -0.382 e. The van der Waals surface area contributed by atoms with E-state index in [1.54, 1.807) is 26.0 Å². The monoisotopic (exact) mass is 530 g/mol. The van der Waals surface area contributed by atoms with Crippen molar-refractivity contribution in [2.24, 2.45) is 4.99 Å². The third kappa shape index (κ3) is 10.7. The van der Waals surface area contributed by atoms with Crippen LogP contribution in [0, 0.1) is 0 Å². The van der Waals surface area contributed by atoms with Crippen molar-refractivity contribution >= 4 is 35.8 Å². The SMILES string of the molecule is CCOCCCNC(=NCC(=O)N(C)C)N(C)Cc1ccc(C(F)(F)F)cc1.I. The average molecular weight is 530 g/mol. The topological polar surface area (TPSA) is 57.2 Å². The first-order chi connectivity index (χ1) is 13.1. The number of carbonyl (C=O) groups is 1. The summed E-state index contributed by atoms with van der Waals surface area (Å²) in [4.78, 5) is 19.4. The van der Waals surface area contributed by atoms with Gasteiger partial charge in [-0.15, -0.1) is 24.0 Å². The van der Waals surface area contributed by atoms with Crippen molar-refractivity contribution in [2.45, 2.75) is 26.1 Å². The Hall–Kier alpha value is -1.56. The molecule has 0 atom stereocenters. The molecule has 0 aliphatic carbocycles. The van der Waals surface area contributed by atoms with Gasteiger partial charge in [0, 0.05) is 47.4 Å². The highest BCUT2D eigenvalue weighted by molar-refractivity contribution is 14.0. The van der Waals surface area contributed by atoms with Crippen molar-refractivity contribution in [2.75, 3.05) is 47.4 Å². The summed E-state index contributed by atoms with van der Waals surface area (Å²) in [5, 5.41) is 3.17. The second kappa shape index (κ2) is 13.6. The van der Waals surface area contributed by atoms with E-state index < -0.39 is 11.7 Å². The summed E-state index contributed by atoms with van der Waals surface area (Å²) < 4.78 is 43.4. The summed E-state index contributed by atoms with van der Waals surface area (Å²) >= 11 is 0. The van der Waals surface area contributed by atoms with E-state index in [4.69, 9.17) is 4.74 Å². The summed E-state index contributed by atoms with van der Waals surface area (Å²) in [5.74, 6) is 0.364. The molecule has 0 aliphatic rings. The molecular weight excluding hydrogens is 500 g/mol. The molecule has 0 saturated heterocycles. The molecule has 1 aromatic carbocycles. The molecule has 0 bridgehead atoms. The fourth-order valence-electron chi connectivity index (χ4n) is 2.26. The van der Waals surface area contributed by atoms with Gasteiger partial charge in [0.15, 0.2) is 5.96 Å². The second-order valence-corrected chi connectivity index (χ2v) is 6.46. The lowest BCUT2D eigenvalue weighted by Gasteiger charge is -2.23. The van der Waals surface area contributed by atoms with Crippen molar-refractivity contribution < 1.29 is 22.7 Å².